The first-order chi connectivity index (χ1) is 18.5. The molecule has 2 heterocycles. The molecule has 0 radical (unpaired) electrons. The average molecular weight is 507 g/mol. The topological polar surface area (TPSA) is 81.2 Å². The molecule has 0 bridgehead atoms. The quantitative estimate of drug-likeness (QED) is 0.311. The standard InChI is InChI=1S/C32H34N4O2/c1-19(2)15-21-5-3-4-6-23(21)18-33-31(38)22-9-12-26-25(16-22)30(35-34-26)20-7-10-24(11-8-20)36-27-13-14-32(27)28(36)17-29(32)37/h3-12,16,19,27-29,37H,13-15,17-18H2,1-2H3,(H,33,38)(H,34,35). The number of carbonyl (C=O) groups is 1. The van der Waals surface area contributed by atoms with Gasteiger partial charge in [-0.25, -0.2) is 0 Å². The first kappa shape index (κ1) is 23.5. The van der Waals surface area contributed by atoms with Gasteiger partial charge in [-0.3, -0.25) is 9.89 Å². The molecule has 3 N–H and O–H groups in total. The summed E-state index contributed by atoms with van der Waals surface area (Å²) in [5.41, 5.74) is 7.27. The summed E-state index contributed by atoms with van der Waals surface area (Å²) >= 11 is 0. The largest absolute Gasteiger partial charge is 0.392 e. The fourth-order valence-corrected chi connectivity index (χ4v) is 7.17. The minimum atomic E-state index is -0.113. The zero-order valence-corrected chi connectivity index (χ0v) is 21.9. The number of anilines is 1. The molecule has 3 aliphatic rings. The summed E-state index contributed by atoms with van der Waals surface area (Å²) in [6.07, 6.45) is 4.11. The summed E-state index contributed by atoms with van der Waals surface area (Å²) in [7, 11) is 0. The van der Waals surface area contributed by atoms with Gasteiger partial charge in [0.1, 0.15) is 0 Å². The zero-order valence-electron chi connectivity index (χ0n) is 21.9. The SMILES string of the molecule is CC(C)Cc1ccccc1CNC(=O)c1ccc2[nH]nc(-c3ccc(N4C5CCC56C(O)CC46)cc3)c2c1. The predicted octanol–water partition coefficient (Wildman–Crippen LogP) is 5.46. The molecule has 38 heavy (non-hydrogen) atoms. The number of fused-ring (bicyclic) bond motifs is 1. The predicted molar refractivity (Wildman–Crippen MR) is 150 cm³/mol. The summed E-state index contributed by atoms with van der Waals surface area (Å²) < 4.78 is 0. The van der Waals surface area contributed by atoms with Crippen molar-refractivity contribution in [2.45, 2.75) is 64.3 Å². The van der Waals surface area contributed by atoms with Crippen molar-refractivity contribution in [2.75, 3.05) is 4.90 Å². The Morgan fingerprint density at radius 3 is 2.58 bits per heavy atom. The number of hydrogen-bond donors (Lipinski definition) is 3. The van der Waals surface area contributed by atoms with Crippen LogP contribution in [0.25, 0.3) is 22.2 Å². The first-order valence-corrected chi connectivity index (χ1v) is 13.9. The molecular formula is C32H34N4O2. The number of nitrogens with one attached hydrogen (secondary N) is 2. The van der Waals surface area contributed by atoms with Crippen molar-refractivity contribution >= 4 is 22.5 Å². The number of aromatic amines is 1. The molecule has 2 saturated carbocycles. The molecule has 194 valence electrons. The fraction of sp³-hybridized carbons (Fsp3) is 0.375. The Labute approximate surface area is 223 Å². The summed E-state index contributed by atoms with van der Waals surface area (Å²) in [5, 5.41) is 22.0. The minimum absolute atomic E-state index is 0.0850. The van der Waals surface area contributed by atoms with E-state index in [1.54, 1.807) is 0 Å². The molecule has 3 aromatic carbocycles. The summed E-state index contributed by atoms with van der Waals surface area (Å²) in [6, 6.07) is 23.6. The highest BCUT2D eigenvalue weighted by Gasteiger charge is 2.75. The van der Waals surface area contributed by atoms with Gasteiger partial charge in [0.2, 0.25) is 0 Å². The van der Waals surface area contributed by atoms with Gasteiger partial charge in [0.15, 0.2) is 0 Å². The summed E-state index contributed by atoms with van der Waals surface area (Å²) in [6.45, 7) is 4.93. The Morgan fingerprint density at radius 2 is 1.89 bits per heavy atom. The molecule has 6 nitrogen and oxygen atoms in total. The van der Waals surface area contributed by atoms with E-state index in [4.69, 9.17) is 0 Å². The zero-order chi connectivity index (χ0) is 26.0. The lowest BCUT2D eigenvalue weighted by molar-refractivity contribution is -0.211. The molecule has 6 heteroatoms. The number of amides is 1. The van der Waals surface area contributed by atoms with Gasteiger partial charge < -0.3 is 15.3 Å². The van der Waals surface area contributed by atoms with Crippen LogP contribution in [0.15, 0.2) is 66.7 Å². The third-order valence-electron chi connectivity index (χ3n) is 9.28. The van der Waals surface area contributed by atoms with E-state index in [9.17, 15) is 9.90 Å². The van der Waals surface area contributed by atoms with Crippen LogP contribution in [0.1, 0.15) is 54.6 Å². The van der Waals surface area contributed by atoms with Crippen LogP contribution in [0, 0.1) is 11.3 Å². The van der Waals surface area contributed by atoms with E-state index >= 15 is 0 Å². The van der Waals surface area contributed by atoms with Crippen molar-refractivity contribution in [3.63, 3.8) is 0 Å². The van der Waals surface area contributed by atoms with E-state index in [1.807, 2.05) is 24.3 Å². The third kappa shape index (κ3) is 3.43. The fourth-order valence-electron chi connectivity index (χ4n) is 7.17. The Balaban J connectivity index is 1.09. The molecule has 1 spiro atoms. The lowest BCUT2D eigenvalue weighted by atomic mass is 9.41. The van der Waals surface area contributed by atoms with Gasteiger partial charge in [-0.1, -0.05) is 50.2 Å². The monoisotopic (exact) mass is 506 g/mol. The number of aliphatic hydroxyl groups excluding tert-OH is 1. The molecule has 2 aliphatic carbocycles. The normalized spacial score (nSPS) is 25.3. The van der Waals surface area contributed by atoms with Crippen LogP contribution in [-0.2, 0) is 13.0 Å². The highest BCUT2D eigenvalue weighted by Crippen LogP contribution is 2.68. The van der Waals surface area contributed by atoms with E-state index in [2.05, 4.69) is 76.7 Å². The number of rotatable bonds is 7. The average Bonchev–Trinajstić information content (AvgIpc) is 3.32. The molecule has 4 atom stereocenters. The second-order valence-corrected chi connectivity index (χ2v) is 11.8. The van der Waals surface area contributed by atoms with Crippen molar-refractivity contribution in [3.8, 4) is 11.3 Å². The van der Waals surface area contributed by atoms with Crippen LogP contribution in [0.3, 0.4) is 0 Å². The minimum Gasteiger partial charge on any atom is -0.392 e. The van der Waals surface area contributed by atoms with Crippen LogP contribution in [-0.4, -0.2) is 39.4 Å². The number of aromatic nitrogens is 2. The Morgan fingerprint density at radius 1 is 1.11 bits per heavy atom. The van der Waals surface area contributed by atoms with Gasteiger partial charge in [0, 0.05) is 46.2 Å². The van der Waals surface area contributed by atoms with Crippen LogP contribution in [0.5, 0.6) is 0 Å². The molecule has 7 rings (SSSR count). The molecule has 4 unspecified atom stereocenters. The molecular weight excluding hydrogens is 472 g/mol. The molecule has 1 amide bonds. The maximum absolute atomic E-state index is 13.1. The van der Waals surface area contributed by atoms with Gasteiger partial charge in [0.25, 0.3) is 5.91 Å². The number of piperidine rings is 2. The molecule has 1 aliphatic heterocycles. The second-order valence-electron chi connectivity index (χ2n) is 11.8. The van der Waals surface area contributed by atoms with Gasteiger partial charge in [0.05, 0.1) is 17.3 Å². The number of hydrogen-bond acceptors (Lipinski definition) is 4. The molecule has 1 saturated heterocycles. The smallest absolute Gasteiger partial charge is 0.251 e. The lowest BCUT2D eigenvalue weighted by Gasteiger charge is -2.79. The highest BCUT2D eigenvalue weighted by atomic mass is 16.3. The Hall–Kier alpha value is -3.64. The maximum Gasteiger partial charge on any atom is 0.251 e. The van der Waals surface area contributed by atoms with Crippen LogP contribution in [0.2, 0.25) is 0 Å². The highest BCUT2D eigenvalue weighted by molar-refractivity contribution is 6.01. The number of benzene rings is 3. The van der Waals surface area contributed by atoms with Gasteiger partial charge in [-0.05, 0) is 73.1 Å². The summed E-state index contributed by atoms with van der Waals surface area (Å²) in [5.74, 6) is 0.477. The molecule has 1 aromatic heterocycles. The Kier molecular flexibility index (Phi) is 5.38. The van der Waals surface area contributed by atoms with E-state index in [0.717, 1.165) is 47.0 Å². The van der Waals surface area contributed by atoms with E-state index in [1.165, 1.54) is 17.7 Å². The van der Waals surface area contributed by atoms with E-state index < -0.39 is 0 Å². The summed E-state index contributed by atoms with van der Waals surface area (Å²) in [4.78, 5) is 15.6. The third-order valence-corrected chi connectivity index (χ3v) is 9.28. The number of nitrogens with zero attached hydrogens (tertiary/aromatic N) is 2. The van der Waals surface area contributed by atoms with E-state index in [0.29, 0.717) is 30.1 Å². The number of aliphatic hydroxyl groups is 1. The van der Waals surface area contributed by atoms with Crippen molar-refractivity contribution in [2.24, 2.45) is 11.3 Å². The number of carbonyl (C=O) groups excluding carboxylic acids is 1. The molecule has 4 aromatic rings. The van der Waals surface area contributed by atoms with E-state index in [-0.39, 0.29) is 17.4 Å². The number of H-pyrrole nitrogens is 1. The van der Waals surface area contributed by atoms with Crippen molar-refractivity contribution in [1.82, 2.24) is 15.5 Å². The lowest BCUT2D eigenvalue weighted by Crippen LogP contribution is -2.87. The van der Waals surface area contributed by atoms with Crippen molar-refractivity contribution < 1.29 is 9.90 Å². The van der Waals surface area contributed by atoms with Gasteiger partial charge >= 0.3 is 0 Å². The second kappa shape index (κ2) is 8.70. The van der Waals surface area contributed by atoms with Crippen molar-refractivity contribution in [3.05, 3.63) is 83.4 Å². The van der Waals surface area contributed by atoms with Crippen LogP contribution >= 0.6 is 0 Å². The molecule has 3 fully saturated rings. The van der Waals surface area contributed by atoms with Crippen LogP contribution < -0.4 is 10.2 Å². The van der Waals surface area contributed by atoms with Crippen molar-refractivity contribution in [1.29, 1.82) is 0 Å². The first-order valence-electron chi connectivity index (χ1n) is 13.9. The van der Waals surface area contributed by atoms with Gasteiger partial charge in [-0.2, -0.15) is 5.10 Å². The maximum atomic E-state index is 13.1. The van der Waals surface area contributed by atoms with Crippen LogP contribution in [0.4, 0.5) is 5.69 Å². The van der Waals surface area contributed by atoms with Gasteiger partial charge in [-0.15, -0.1) is 0 Å². The Bertz CT molecular complexity index is 1520.